The van der Waals surface area contributed by atoms with Gasteiger partial charge in [0.05, 0.1) is 22.4 Å². The summed E-state index contributed by atoms with van der Waals surface area (Å²) in [7, 11) is 0. The molecule has 3 aromatic heterocycles. The molecule has 4 heterocycles. The highest BCUT2D eigenvalue weighted by Crippen LogP contribution is 2.36. The first-order valence-electron chi connectivity index (χ1n) is 11.0. The molecular formula is C26H23N3O3S2. The van der Waals surface area contributed by atoms with Crippen LogP contribution in [0.15, 0.2) is 69.3 Å². The summed E-state index contributed by atoms with van der Waals surface area (Å²) in [5.74, 6) is -0.463. The average Bonchev–Trinajstić information content (AvgIpc) is 3.54. The Morgan fingerprint density at radius 3 is 2.65 bits per heavy atom. The number of carbonyl (C=O) groups excluding carboxylic acids is 1. The van der Waals surface area contributed by atoms with Gasteiger partial charge >= 0.3 is 5.97 Å². The molecule has 1 aliphatic rings. The Labute approximate surface area is 204 Å². The van der Waals surface area contributed by atoms with Crippen LogP contribution in [0.5, 0.6) is 0 Å². The molecule has 5 rings (SSSR count). The SMILES string of the molecule is CCOC(=O)C1=C(c2ccccc2)N=c2sc(=Cc3cc(C)[nH]c3C)c(=O)n2C1c1cccs1. The van der Waals surface area contributed by atoms with Crippen molar-refractivity contribution in [2.45, 2.75) is 26.8 Å². The Hall–Kier alpha value is -3.49. The van der Waals surface area contributed by atoms with Crippen molar-refractivity contribution in [3.63, 3.8) is 0 Å². The third-order valence-corrected chi connectivity index (χ3v) is 7.57. The summed E-state index contributed by atoms with van der Waals surface area (Å²) in [6.07, 6.45) is 1.89. The number of fused-ring (bicyclic) bond motifs is 1. The molecule has 0 saturated carbocycles. The standard InChI is InChI=1S/C26H23N3O3S2/c1-4-32-25(31)21-22(17-9-6-5-7-10-17)28-26-29(23(21)19-11-8-12-33-19)24(30)20(34-26)14-18-13-15(2)27-16(18)3/h5-14,23,27H,4H2,1-3H3. The van der Waals surface area contributed by atoms with E-state index in [2.05, 4.69) is 4.98 Å². The number of thiazole rings is 1. The maximum Gasteiger partial charge on any atom is 0.338 e. The molecule has 0 spiro atoms. The van der Waals surface area contributed by atoms with Gasteiger partial charge < -0.3 is 9.72 Å². The van der Waals surface area contributed by atoms with Gasteiger partial charge in [-0.15, -0.1) is 11.3 Å². The molecule has 1 aromatic carbocycles. The van der Waals surface area contributed by atoms with Crippen LogP contribution in [0.3, 0.4) is 0 Å². The fourth-order valence-corrected chi connectivity index (χ4v) is 6.01. The zero-order valence-electron chi connectivity index (χ0n) is 19.0. The minimum absolute atomic E-state index is 0.172. The number of rotatable bonds is 5. The summed E-state index contributed by atoms with van der Waals surface area (Å²) in [5.41, 5.74) is 4.54. The molecule has 1 N–H and O–H groups in total. The molecule has 0 saturated heterocycles. The lowest BCUT2D eigenvalue weighted by Crippen LogP contribution is -2.39. The molecule has 4 aromatic rings. The van der Waals surface area contributed by atoms with Gasteiger partial charge in [-0.3, -0.25) is 9.36 Å². The highest BCUT2D eigenvalue weighted by molar-refractivity contribution is 7.10. The lowest BCUT2D eigenvalue weighted by Gasteiger charge is -2.24. The van der Waals surface area contributed by atoms with E-state index in [4.69, 9.17) is 9.73 Å². The molecule has 0 fully saturated rings. The molecule has 1 atom stereocenters. The summed E-state index contributed by atoms with van der Waals surface area (Å²) in [6.45, 7) is 5.98. The number of aromatic nitrogens is 2. The number of ether oxygens (including phenoxy) is 1. The second-order valence-corrected chi connectivity index (χ2v) is 9.97. The lowest BCUT2D eigenvalue weighted by atomic mass is 9.97. The number of benzene rings is 1. The van der Waals surface area contributed by atoms with Gasteiger partial charge in [0.25, 0.3) is 5.56 Å². The van der Waals surface area contributed by atoms with E-state index < -0.39 is 12.0 Å². The predicted molar refractivity (Wildman–Crippen MR) is 136 cm³/mol. The third-order valence-electron chi connectivity index (χ3n) is 5.66. The van der Waals surface area contributed by atoms with Gasteiger partial charge in [0.15, 0.2) is 4.80 Å². The first-order chi connectivity index (χ1) is 16.5. The number of carbonyl (C=O) groups is 1. The van der Waals surface area contributed by atoms with E-state index in [1.54, 1.807) is 11.5 Å². The van der Waals surface area contributed by atoms with Gasteiger partial charge in [-0.05, 0) is 49.9 Å². The van der Waals surface area contributed by atoms with Crippen LogP contribution in [0.4, 0.5) is 0 Å². The quantitative estimate of drug-likeness (QED) is 0.432. The van der Waals surface area contributed by atoms with Gasteiger partial charge in [0.2, 0.25) is 0 Å². The number of nitrogens with zero attached hydrogens (tertiary/aromatic N) is 2. The number of aromatic amines is 1. The molecule has 34 heavy (non-hydrogen) atoms. The van der Waals surface area contributed by atoms with Gasteiger partial charge in [-0.2, -0.15) is 0 Å². The van der Waals surface area contributed by atoms with Crippen molar-refractivity contribution in [1.29, 1.82) is 0 Å². The van der Waals surface area contributed by atoms with Crippen LogP contribution in [0.25, 0.3) is 11.8 Å². The number of hydrogen-bond acceptors (Lipinski definition) is 6. The molecule has 0 radical (unpaired) electrons. The van der Waals surface area contributed by atoms with E-state index in [-0.39, 0.29) is 12.2 Å². The predicted octanol–water partition coefficient (Wildman–Crippen LogP) is 3.94. The fraction of sp³-hybridized carbons (Fsp3) is 0.192. The van der Waals surface area contributed by atoms with Crippen molar-refractivity contribution in [3.8, 4) is 0 Å². The topological polar surface area (TPSA) is 76.4 Å². The van der Waals surface area contributed by atoms with E-state index in [1.165, 1.54) is 22.7 Å². The van der Waals surface area contributed by atoms with Crippen LogP contribution in [0.2, 0.25) is 0 Å². The van der Waals surface area contributed by atoms with E-state index in [1.807, 2.05) is 73.8 Å². The fourth-order valence-electron chi connectivity index (χ4n) is 4.19. The number of H-pyrrole nitrogens is 1. The highest BCUT2D eigenvalue weighted by atomic mass is 32.1. The molecule has 6 nitrogen and oxygen atoms in total. The Balaban J connectivity index is 1.83. The first kappa shape index (κ1) is 22.3. The van der Waals surface area contributed by atoms with E-state index in [0.717, 1.165) is 27.4 Å². The van der Waals surface area contributed by atoms with Crippen LogP contribution in [-0.4, -0.2) is 22.1 Å². The zero-order valence-corrected chi connectivity index (χ0v) is 20.6. The second-order valence-electron chi connectivity index (χ2n) is 7.98. The molecule has 0 aliphatic carbocycles. The average molecular weight is 490 g/mol. The second kappa shape index (κ2) is 9.04. The Morgan fingerprint density at radius 1 is 1.21 bits per heavy atom. The van der Waals surface area contributed by atoms with E-state index in [0.29, 0.717) is 20.6 Å². The van der Waals surface area contributed by atoms with Crippen LogP contribution in [0, 0.1) is 13.8 Å². The highest BCUT2D eigenvalue weighted by Gasteiger charge is 2.35. The zero-order chi connectivity index (χ0) is 23.8. The summed E-state index contributed by atoms with van der Waals surface area (Å²) >= 11 is 2.84. The molecule has 1 unspecified atom stereocenters. The molecule has 0 amide bonds. The van der Waals surface area contributed by atoms with Gasteiger partial charge in [-0.25, -0.2) is 9.79 Å². The number of hydrogen-bond donors (Lipinski definition) is 1. The van der Waals surface area contributed by atoms with Crippen molar-refractivity contribution in [3.05, 3.63) is 107 Å². The normalized spacial score (nSPS) is 15.9. The van der Waals surface area contributed by atoms with Gasteiger partial charge in [0, 0.05) is 21.8 Å². The van der Waals surface area contributed by atoms with Gasteiger partial charge in [-0.1, -0.05) is 47.7 Å². The number of nitrogens with one attached hydrogen (secondary N) is 1. The van der Waals surface area contributed by atoms with E-state index in [9.17, 15) is 9.59 Å². The van der Waals surface area contributed by atoms with Crippen molar-refractivity contribution < 1.29 is 9.53 Å². The molecular weight excluding hydrogens is 466 g/mol. The number of thiophene rings is 1. The van der Waals surface area contributed by atoms with Crippen LogP contribution >= 0.6 is 22.7 Å². The number of esters is 1. The maximum atomic E-state index is 13.7. The smallest absolute Gasteiger partial charge is 0.338 e. The Bertz CT molecular complexity index is 1570. The first-order valence-corrected chi connectivity index (χ1v) is 12.7. The van der Waals surface area contributed by atoms with Gasteiger partial charge in [0.1, 0.15) is 6.04 Å². The van der Waals surface area contributed by atoms with Crippen molar-refractivity contribution in [2.24, 2.45) is 4.99 Å². The van der Waals surface area contributed by atoms with E-state index >= 15 is 0 Å². The van der Waals surface area contributed by atoms with Crippen LogP contribution < -0.4 is 14.9 Å². The summed E-state index contributed by atoms with van der Waals surface area (Å²) in [5, 5.41) is 1.95. The largest absolute Gasteiger partial charge is 0.463 e. The summed E-state index contributed by atoms with van der Waals surface area (Å²) in [4.78, 5) is 36.6. The van der Waals surface area contributed by atoms with Crippen molar-refractivity contribution in [2.75, 3.05) is 6.61 Å². The van der Waals surface area contributed by atoms with Crippen molar-refractivity contribution in [1.82, 2.24) is 9.55 Å². The molecule has 1 aliphatic heterocycles. The summed E-state index contributed by atoms with van der Waals surface area (Å²) in [6, 6.07) is 14.9. The third kappa shape index (κ3) is 3.89. The van der Waals surface area contributed by atoms with Crippen LogP contribution in [0.1, 0.15) is 40.4 Å². The molecule has 0 bridgehead atoms. The lowest BCUT2D eigenvalue weighted by molar-refractivity contribution is -0.138. The van der Waals surface area contributed by atoms with Crippen molar-refractivity contribution >= 4 is 40.4 Å². The molecule has 172 valence electrons. The minimum Gasteiger partial charge on any atom is -0.463 e. The summed E-state index contributed by atoms with van der Waals surface area (Å²) < 4.78 is 7.67. The Morgan fingerprint density at radius 2 is 2.00 bits per heavy atom. The number of aryl methyl sites for hydroxylation is 2. The maximum absolute atomic E-state index is 13.7. The monoisotopic (exact) mass is 489 g/mol. The van der Waals surface area contributed by atoms with Crippen LogP contribution in [-0.2, 0) is 9.53 Å². The molecule has 8 heteroatoms. The Kier molecular flexibility index (Phi) is 5.93. The minimum atomic E-state index is -0.610.